The first kappa shape index (κ1) is 19.7. The molecule has 1 saturated heterocycles. The summed E-state index contributed by atoms with van der Waals surface area (Å²) in [4.78, 5) is 15.7. The van der Waals surface area contributed by atoms with Gasteiger partial charge in [0.25, 0.3) is 0 Å². The normalized spacial score (nSPS) is 37.2. The average Bonchev–Trinajstić information content (AvgIpc) is 3.38. The Kier molecular flexibility index (Phi) is 4.86. The smallest absolute Gasteiger partial charge is 0.139 e. The molecule has 4 aliphatic rings. The summed E-state index contributed by atoms with van der Waals surface area (Å²) in [5.74, 6) is 2.26. The van der Waals surface area contributed by atoms with Gasteiger partial charge in [-0.3, -0.25) is 9.69 Å². The molecular formula is C25H34FNO2. The second kappa shape index (κ2) is 7.16. The number of hydrogen-bond acceptors (Lipinski definition) is 3. The third-order valence-electron chi connectivity index (χ3n) is 8.54. The van der Waals surface area contributed by atoms with Gasteiger partial charge in [0, 0.05) is 23.3 Å². The van der Waals surface area contributed by atoms with E-state index < -0.39 is 0 Å². The standard InChI is InChI=1S/C25H34FNO2/c1-27(2)25(20-4-3-5-21(26)11-20)15-24(16-25)12-19(9-8-18-13-29-14-18)23(28)22(24)10-17-6-7-17/h3-5,11,17-19,22H,6-10,12-16H2,1-2H3. The van der Waals surface area contributed by atoms with Crippen molar-refractivity contribution in [3.05, 3.63) is 35.6 Å². The molecule has 2 unspecified atom stereocenters. The van der Waals surface area contributed by atoms with Gasteiger partial charge in [-0.2, -0.15) is 0 Å². The molecule has 0 bridgehead atoms. The lowest BCUT2D eigenvalue weighted by Gasteiger charge is -2.60. The zero-order valence-electron chi connectivity index (χ0n) is 17.8. The molecule has 1 aromatic rings. The number of carbonyl (C=O) groups excluding carboxylic acids is 1. The highest BCUT2D eigenvalue weighted by atomic mass is 19.1. The number of ketones is 1. The van der Waals surface area contributed by atoms with E-state index >= 15 is 0 Å². The van der Waals surface area contributed by atoms with Gasteiger partial charge in [0.15, 0.2) is 0 Å². The molecule has 5 rings (SSSR count). The van der Waals surface area contributed by atoms with Gasteiger partial charge in [0.2, 0.25) is 0 Å². The molecule has 3 nitrogen and oxygen atoms in total. The van der Waals surface area contributed by atoms with Gasteiger partial charge in [-0.1, -0.05) is 25.0 Å². The topological polar surface area (TPSA) is 29.5 Å². The lowest BCUT2D eigenvalue weighted by molar-refractivity contribution is -0.133. The maximum atomic E-state index is 14.0. The lowest BCUT2D eigenvalue weighted by Crippen LogP contribution is -2.59. The van der Waals surface area contributed by atoms with Crippen molar-refractivity contribution >= 4 is 5.78 Å². The fourth-order valence-electron chi connectivity index (χ4n) is 6.57. The van der Waals surface area contributed by atoms with Crippen molar-refractivity contribution in [2.45, 2.75) is 56.9 Å². The third kappa shape index (κ3) is 3.37. The van der Waals surface area contributed by atoms with Crippen molar-refractivity contribution in [3.8, 4) is 0 Å². The van der Waals surface area contributed by atoms with Gasteiger partial charge < -0.3 is 4.74 Å². The van der Waals surface area contributed by atoms with Crippen molar-refractivity contribution in [1.29, 1.82) is 0 Å². The third-order valence-corrected chi connectivity index (χ3v) is 8.54. The van der Waals surface area contributed by atoms with Gasteiger partial charge >= 0.3 is 0 Å². The second-order valence-corrected chi connectivity index (χ2v) is 10.7. The Hall–Kier alpha value is -1.26. The SMILES string of the molecule is CN(C)C1(c2cccc(F)c2)CC2(CC(CCC3COC3)C(=O)C2CC2CC2)C1. The highest BCUT2D eigenvalue weighted by Crippen LogP contribution is 2.68. The molecule has 4 heteroatoms. The Balaban J connectivity index is 1.37. The van der Waals surface area contributed by atoms with E-state index in [0.717, 1.165) is 63.2 Å². The van der Waals surface area contributed by atoms with Crippen molar-refractivity contribution in [1.82, 2.24) is 4.90 Å². The first-order valence-corrected chi connectivity index (χ1v) is 11.5. The molecule has 1 heterocycles. The maximum absolute atomic E-state index is 14.0. The molecule has 0 aromatic heterocycles. The number of Topliss-reactive ketones (excluding diaryl/α,β-unsaturated/α-hetero) is 1. The minimum absolute atomic E-state index is 0.122. The van der Waals surface area contributed by atoms with Crippen molar-refractivity contribution < 1.29 is 13.9 Å². The monoisotopic (exact) mass is 399 g/mol. The minimum atomic E-state index is -0.165. The number of hydrogen-bond donors (Lipinski definition) is 0. The van der Waals surface area contributed by atoms with Crippen molar-refractivity contribution in [3.63, 3.8) is 0 Å². The van der Waals surface area contributed by atoms with E-state index in [2.05, 4.69) is 25.1 Å². The highest BCUT2D eigenvalue weighted by molar-refractivity contribution is 5.87. The summed E-state index contributed by atoms with van der Waals surface area (Å²) in [5, 5.41) is 0. The largest absolute Gasteiger partial charge is 0.381 e. The summed E-state index contributed by atoms with van der Waals surface area (Å²) in [5.41, 5.74) is 1.05. The average molecular weight is 400 g/mol. The molecule has 0 N–H and O–H groups in total. The Labute approximate surface area is 174 Å². The zero-order valence-corrected chi connectivity index (χ0v) is 17.8. The summed E-state index contributed by atoms with van der Waals surface area (Å²) in [7, 11) is 4.22. The molecule has 29 heavy (non-hydrogen) atoms. The Morgan fingerprint density at radius 2 is 1.90 bits per heavy atom. The fraction of sp³-hybridized carbons (Fsp3) is 0.720. The van der Waals surface area contributed by atoms with Gasteiger partial charge in [-0.05, 0) is 81.6 Å². The van der Waals surface area contributed by atoms with Gasteiger partial charge in [-0.25, -0.2) is 4.39 Å². The lowest BCUT2D eigenvalue weighted by atomic mass is 9.50. The number of carbonyl (C=O) groups is 1. The summed E-state index contributed by atoms with van der Waals surface area (Å²) >= 11 is 0. The predicted octanol–water partition coefficient (Wildman–Crippen LogP) is 4.79. The predicted molar refractivity (Wildman–Crippen MR) is 111 cm³/mol. The molecule has 3 saturated carbocycles. The van der Waals surface area contributed by atoms with Gasteiger partial charge in [0.05, 0.1) is 13.2 Å². The van der Waals surface area contributed by atoms with Crippen LogP contribution in [-0.2, 0) is 15.1 Å². The molecule has 0 amide bonds. The van der Waals surface area contributed by atoms with Crippen LogP contribution in [0, 0.1) is 34.9 Å². The van der Waals surface area contributed by atoms with Crippen LogP contribution >= 0.6 is 0 Å². The minimum Gasteiger partial charge on any atom is -0.381 e. The van der Waals surface area contributed by atoms with Crippen LogP contribution < -0.4 is 0 Å². The highest BCUT2D eigenvalue weighted by Gasteiger charge is 2.65. The Morgan fingerprint density at radius 1 is 1.14 bits per heavy atom. The maximum Gasteiger partial charge on any atom is 0.139 e. The number of halogens is 1. The van der Waals surface area contributed by atoms with Crippen LogP contribution in [0.5, 0.6) is 0 Å². The van der Waals surface area contributed by atoms with E-state index in [4.69, 9.17) is 4.74 Å². The van der Waals surface area contributed by atoms with Crippen LogP contribution in [0.1, 0.15) is 56.9 Å². The van der Waals surface area contributed by atoms with Crippen molar-refractivity contribution in [2.75, 3.05) is 27.3 Å². The van der Waals surface area contributed by atoms with E-state index in [0.29, 0.717) is 11.7 Å². The van der Waals surface area contributed by atoms with E-state index in [1.165, 1.54) is 18.9 Å². The van der Waals surface area contributed by atoms with Gasteiger partial charge in [-0.15, -0.1) is 0 Å². The summed E-state index contributed by atoms with van der Waals surface area (Å²) in [6.07, 6.45) is 8.87. The van der Waals surface area contributed by atoms with E-state index in [1.807, 2.05) is 6.07 Å². The number of nitrogens with zero attached hydrogens (tertiary/aromatic N) is 1. The van der Waals surface area contributed by atoms with E-state index in [-0.39, 0.29) is 28.6 Å². The molecular weight excluding hydrogens is 365 g/mol. The van der Waals surface area contributed by atoms with Crippen molar-refractivity contribution in [2.24, 2.45) is 29.1 Å². The molecule has 1 aliphatic heterocycles. The van der Waals surface area contributed by atoms with Crippen LogP contribution in [0.2, 0.25) is 0 Å². The Bertz CT molecular complexity index is 777. The molecule has 0 radical (unpaired) electrons. The molecule has 1 aromatic carbocycles. The number of ether oxygens (including phenoxy) is 1. The van der Waals surface area contributed by atoms with E-state index in [1.54, 1.807) is 6.07 Å². The summed E-state index contributed by atoms with van der Waals surface area (Å²) in [6.45, 7) is 1.75. The van der Waals surface area contributed by atoms with E-state index in [9.17, 15) is 9.18 Å². The summed E-state index contributed by atoms with van der Waals surface area (Å²) in [6, 6.07) is 7.12. The van der Waals surface area contributed by atoms with Crippen LogP contribution in [0.4, 0.5) is 4.39 Å². The first-order valence-electron chi connectivity index (χ1n) is 11.5. The van der Waals surface area contributed by atoms with Crippen LogP contribution in [0.15, 0.2) is 24.3 Å². The Morgan fingerprint density at radius 3 is 2.48 bits per heavy atom. The molecule has 4 fully saturated rings. The molecule has 158 valence electrons. The molecule has 2 atom stereocenters. The summed E-state index contributed by atoms with van der Waals surface area (Å²) < 4.78 is 19.3. The van der Waals surface area contributed by atoms with Crippen LogP contribution in [0.3, 0.4) is 0 Å². The zero-order chi connectivity index (χ0) is 20.2. The first-order chi connectivity index (χ1) is 13.9. The quantitative estimate of drug-likeness (QED) is 0.660. The van der Waals surface area contributed by atoms with Crippen LogP contribution in [0.25, 0.3) is 0 Å². The van der Waals surface area contributed by atoms with Crippen LogP contribution in [-0.4, -0.2) is 38.0 Å². The number of rotatable bonds is 7. The molecule has 3 aliphatic carbocycles. The van der Waals surface area contributed by atoms with Gasteiger partial charge in [0.1, 0.15) is 11.6 Å². The fourth-order valence-corrected chi connectivity index (χ4v) is 6.57. The number of benzene rings is 1. The molecule has 1 spiro atoms. The second-order valence-electron chi connectivity index (χ2n) is 10.7.